The van der Waals surface area contributed by atoms with Gasteiger partial charge in [-0.3, -0.25) is 14.4 Å². The first-order valence-electron chi connectivity index (χ1n) is 9.01. The average Bonchev–Trinajstić information content (AvgIpc) is 3.31. The summed E-state index contributed by atoms with van der Waals surface area (Å²) in [6.45, 7) is 5.25. The second kappa shape index (κ2) is 6.78. The van der Waals surface area contributed by atoms with Crippen LogP contribution in [0.3, 0.4) is 0 Å². The van der Waals surface area contributed by atoms with E-state index in [2.05, 4.69) is 15.0 Å². The summed E-state index contributed by atoms with van der Waals surface area (Å²) in [4.78, 5) is 51.5. The predicted molar refractivity (Wildman–Crippen MR) is 101 cm³/mol. The summed E-state index contributed by atoms with van der Waals surface area (Å²) < 4.78 is 0. The Morgan fingerprint density at radius 1 is 1.29 bits per heavy atom. The minimum absolute atomic E-state index is 0.0116. The molecule has 10 heteroatoms. The van der Waals surface area contributed by atoms with E-state index in [0.29, 0.717) is 31.1 Å². The molecule has 2 atom stereocenters. The van der Waals surface area contributed by atoms with Crippen LogP contribution in [0, 0.1) is 25.2 Å². The van der Waals surface area contributed by atoms with Gasteiger partial charge in [-0.2, -0.15) is 0 Å². The van der Waals surface area contributed by atoms with Gasteiger partial charge in [-0.15, -0.1) is 11.3 Å². The largest absolute Gasteiger partial charge is 0.396 e. The van der Waals surface area contributed by atoms with E-state index in [1.165, 1.54) is 17.5 Å². The number of rotatable bonds is 3. The molecule has 2 N–H and O–H groups in total. The number of aliphatic hydroxyl groups is 1. The molecular weight excluding hydrogens is 382 g/mol. The highest BCUT2D eigenvalue weighted by molar-refractivity contribution is 7.13. The molecule has 2 aromatic heterocycles. The molecule has 2 amide bonds. The number of aromatic amines is 1. The molecule has 148 valence electrons. The van der Waals surface area contributed by atoms with Crippen LogP contribution < -0.4 is 5.56 Å². The fraction of sp³-hybridized carbons (Fsp3) is 0.500. The van der Waals surface area contributed by atoms with E-state index in [1.807, 2.05) is 13.8 Å². The molecule has 0 bridgehead atoms. The summed E-state index contributed by atoms with van der Waals surface area (Å²) in [6, 6.07) is 0. The summed E-state index contributed by atoms with van der Waals surface area (Å²) in [5, 5.41) is 11.0. The molecule has 0 spiro atoms. The molecule has 2 aromatic rings. The molecule has 0 radical (unpaired) electrons. The van der Waals surface area contributed by atoms with Gasteiger partial charge in [0.05, 0.1) is 23.5 Å². The van der Waals surface area contributed by atoms with Crippen LogP contribution in [0.4, 0.5) is 0 Å². The summed E-state index contributed by atoms with van der Waals surface area (Å²) in [5.41, 5.74) is -0.0226. The lowest BCUT2D eigenvalue weighted by Gasteiger charge is -2.27. The molecule has 2 saturated heterocycles. The van der Waals surface area contributed by atoms with Crippen molar-refractivity contribution in [2.45, 2.75) is 13.8 Å². The number of thiazole rings is 1. The van der Waals surface area contributed by atoms with E-state index in [1.54, 1.807) is 9.80 Å². The number of hydrogen-bond acceptors (Lipinski definition) is 7. The minimum Gasteiger partial charge on any atom is -0.396 e. The van der Waals surface area contributed by atoms with Crippen molar-refractivity contribution in [2.24, 2.45) is 11.3 Å². The number of aliphatic hydroxyl groups excluding tert-OH is 1. The monoisotopic (exact) mass is 403 g/mol. The van der Waals surface area contributed by atoms with E-state index in [4.69, 9.17) is 0 Å². The quantitative estimate of drug-likeness (QED) is 0.747. The first-order valence-corrected chi connectivity index (χ1v) is 9.83. The zero-order valence-electron chi connectivity index (χ0n) is 15.6. The fourth-order valence-electron chi connectivity index (χ4n) is 4.21. The Kier molecular flexibility index (Phi) is 4.54. The number of carbonyl (C=O) groups is 2. The maximum Gasteiger partial charge on any atom is 0.273 e. The van der Waals surface area contributed by atoms with Crippen LogP contribution >= 0.6 is 11.3 Å². The second-order valence-corrected chi connectivity index (χ2v) is 8.74. The van der Waals surface area contributed by atoms with Crippen LogP contribution in [-0.2, 0) is 0 Å². The smallest absolute Gasteiger partial charge is 0.273 e. The number of H-pyrrole nitrogens is 1. The molecule has 9 nitrogen and oxygen atoms in total. The lowest BCUT2D eigenvalue weighted by Crippen LogP contribution is -2.40. The number of hydrogen-bond donors (Lipinski definition) is 2. The van der Waals surface area contributed by atoms with Crippen molar-refractivity contribution >= 4 is 23.2 Å². The van der Waals surface area contributed by atoms with Gasteiger partial charge in [0.2, 0.25) is 0 Å². The SMILES string of the molecule is Cc1nc(C)c(C(=O)N2C[C@@H]3CN(C(=O)c4c[nH]c(=O)cn4)C[C@]3(CO)C2)s1. The Morgan fingerprint density at radius 3 is 2.46 bits per heavy atom. The number of nitrogens with one attached hydrogen (secondary N) is 1. The van der Waals surface area contributed by atoms with E-state index in [-0.39, 0.29) is 35.6 Å². The average molecular weight is 403 g/mol. The molecule has 0 aliphatic carbocycles. The van der Waals surface area contributed by atoms with Crippen LogP contribution in [0.1, 0.15) is 30.9 Å². The predicted octanol–water partition coefficient (Wildman–Crippen LogP) is 0.0499. The lowest BCUT2D eigenvalue weighted by molar-refractivity contribution is 0.0665. The molecular formula is C18H21N5O4S. The standard InChI is InChI=1S/C18H21N5O4S/c1-10-15(28-11(2)21-10)17(27)23-6-12-5-22(7-18(12,8-23)9-24)16(26)13-3-20-14(25)4-19-13/h3-4,12,24H,5-9H2,1-2H3,(H,20,25)/t12-,18+/m0/s1. The second-order valence-electron chi connectivity index (χ2n) is 7.53. The zero-order chi connectivity index (χ0) is 20.1. The molecule has 0 unspecified atom stereocenters. The van der Waals surface area contributed by atoms with Crippen molar-refractivity contribution < 1.29 is 14.7 Å². The third-order valence-electron chi connectivity index (χ3n) is 5.64. The molecule has 28 heavy (non-hydrogen) atoms. The van der Waals surface area contributed by atoms with Gasteiger partial charge in [0.15, 0.2) is 0 Å². The number of likely N-dealkylation sites (tertiary alicyclic amines) is 2. The molecule has 0 saturated carbocycles. The number of carbonyl (C=O) groups excluding carboxylic acids is 2. The van der Waals surface area contributed by atoms with Gasteiger partial charge in [-0.05, 0) is 13.8 Å². The van der Waals surface area contributed by atoms with Gasteiger partial charge in [-0.1, -0.05) is 0 Å². The van der Waals surface area contributed by atoms with Crippen molar-refractivity contribution in [1.82, 2.24) is 24.8 Å². The first kappa shape index (κ1) is 18.8. The minimum atomic E-state index is -0.541. The number of fused-ring (bicyclic) bond motifs is 1. The van der Waals surface area contributed by atoms with E-state index >= 15 is 0 Å². The summed E-state index contributed by atoms with van der Waals surface area (Å²) in [7, 11) is 0. The number of aryl methyl sites for hydroxylation is 2. The van der Waals surface area contributed by atoms with E-state index in [9.17, 15) is 19.5 Å². The Labute approximate surface area is 165 Å². The van der Waals surface area contributed by atoms with Crippen LogP contribution in [0.5, 0.6) is 0 Å². The Balaban J connectivity index is 1.51. The van der Waals surface area contributed by atoms with Crippen molar-refractivity contribution in [3.8, 4) is 0 Å². The fourth-order valence-corrected chi connectivity index (χ4v) is 5.10. The summed E-state index contributed by atoms with van der Waals surface area (Å²) in [5.74, 6) is -0.363. The van der Waals surface area contributed by atoms with Crippen molar-refractivity contribution in [2.75, 3.05) is 32.8 Å². The Bertz CT molecular complexity index is 982. The van der Waals surface area contributed by atoms with Gasteiger partial charge in [0.25, 0.3) is 17.4 Å². The molecule has 2 aliphatic rings. The van der Waals surface area contributed by atoms with Gasteiger partial charge in [0.1, 0.15) is 10.6 Å². The number of amides is 2. The van der Waals surface area contributed by atoms with Crippen molar-refractivity contribution in [3.63, 3.8) is 0 Å². The van der Waals surface area contributed by atoms with Gasteiger partial charge >= 0.3 is 0 Å². The van der Waals surface area contributed by atoms with Crippen LogP contribution in [0.25, 0.3) is 0 Å². The first-order chi connectivity index (χ1) is 13.3. The summed E-state index contributed by atoms with van der Waals surface area (Å²) in [6.07, 6.45) is 2.38. The van der Waals surface area contributed by atoms with Crippen molar-refractivity contribution in [3.05, 3.63) is 44.0 Å². The maximum atomic E-state index is 12.9. The molecule has 2 aliphatic heterocycles. The Morgan fingerprint density at radius 2 is 1.96 bits per heavy atom. The van der Waals surface area contributed by atoms with Gasteiger partial charge < -0.3 is 19.9 Å². The van der Waals surface area contributed by atoms with Crippen LogP contribution in [0.15, 0.2) is 17.2 Å². The van der Waals surface area contributed by atoms with Crippen LogP contribution in [0.2, 0.25) is 0 Å². The van der Waals surface area contributed by atoms with E-state index in [0.717, 1.165) is 16.9 Å². The van der Waals surface area contributed by atoms with Crippen molar-refractivity contribution in [1.29, 1.82) is 0 Å². The van der Waals surface area contributed by atoms with Gasteiger partial charge in [-0.25, -0.2) is 9.97 Å². The third-order valence-corrected chi connectivity index (χ3v) is 6.70. The lowest BCUT2D eigenvalue weighted by atomic mass is 9.82. The maximum absolute atomic E-state index is 12.9. The molecule has 0 aromatic carbocycles. The highest BCUT2D eigenvalue weighted by Crippen LogP contribution is 2.43. The molecule has 4 heterocycles. The topological polar surface area (TPSA) is 119 Å². The molecule has 2 fully saturated rings. The normalized spacial score (nSPS) is 23.9. The highest BCUT2D eigenvalue weighted by Gasteiger charge is 2.54. The zero-order valence-corrected chi connectivity index (χ0v) is 16.5. The van der Waals surface area contributed by atoms with Crippen LogP contribution in [-0.4, -0.2) is 74.5 Å². The van der Waals surface area contributed by atoms with E-state index < -0.39 is 5.41 Å². The number of aromatic nitrogens is 3. The Hall–Kier alpha value is -2.59. The number of nitrogens with zero attached hydrogens (tertiary/aromatic N) is 4. The molecule has 4 rings (SSSR count). The van der Waals surface area contributed by atoms with Gasteiger partial charge in [0, 0.05) is 43.7 Å². The highest BCUT2D eigenvalue weighted by atomic mass is 32.1. The third kappa shape index (κ3) is 3.02. The summed E-state index contributed by atoms with van der Waals surface area (Å²) >= 11 is 1.38.